The molecule has 2 unspecified atom stereocenters. The Morgan fingerprint density at radius 3 is 1.68 bits per heavy atom. The van der Waals surface area contributed by atoms with Crippen LogP contribution in [0.3, 0.4) is 0 Å². The fourth-order valence-corrected chi connectivity index (χ4v) is 5.23. The average molecular weight is 596 g/mol. The molecule has 238 valence electrons. The maximum atomic E-state index is 12.4. The van der Waals surface area contributed by atoms with Crippen LogP contribution in [0.25, 0.3) is 0 Å². The van der Waals surface area contributed by atoms with Gasteiger partial charge in [-0.15, -0.1) is 0 Å². The lowest BCUT2D eigenvalue weighted by atomic mass is 10.1. The summed E-state index contributed by atoms with van der Waals surface area (Å²) in [5, 5.41) is 13.1. The number of unbranched alkanes of at least 4 members (excludes halogenated alkanes) is 14. The van der Waals surface area contributed by atoms with Crippen LogP contribution in [0.5, 0.6) is 0 Å². The molecule has 0 radical (unpaired) electrons. The second-order valence-corrected chi connectivity index (χ2v) is 12.6. The molecule has 0 heterocycles. The summed E-state index contributed by atoms with van der Waals surface area (Å²) in [6.45, 7) is 4.43. The summed E-state index contributed by atoms with van der Waals surface area (Å²) in [5.74, 6) is -1.03. The molecular formula is C34H61NO5S. The molecule has 0 fully saturated rings. The van der Waals surface area contributed by atoms with Gasteiger partial charge in [-0.3, -0.25) is 9.35 Å². The van der Waals surface area contributed by atoms with Crippen LogP contribution in [0.15, 0.2) is 48.6 Å². The van der Waals surface area contributed by atoms with E-state index >= 15 is 0 Å². The summed E-state index contributed by atoms with van der Waals surface area (Å²) in [4.78, 5) is 12.4. The van der Waals surface area contributed by atoms with E-state index < -0.39 is 28.0 Å². The van der Waals surface area contributed by atoms with Gasteiger partial charge in [-0.05, 0) is 64.2 Å². The highest BCUT2D eigenvalue weighted by Crippen LogP contribution is 2.10. The van der Waals surface area contributed by atoms with Crippen LogP contribution in [0.2, 0.25) is 0 Å². The fraction of sp³-hybridized carbons (Fsp3) is 0.735. The van der Waals surface area contributed by atoms with E-state index in [2.05, 4.69) is 55.6 Å². The number of amides is 1. The molecule has 0 aromatic rings. The van der Waals surface area contributed by atoms with Gasteiger partial charge in [0.25, 0.3) is 10.1 Å². The van der Waals surface area contributed by atoms with Crippen molar-refractivity contribution in [2.75, 3.05) is 5.75 Å². The molecule has 0 aromatic carbocycles. The van der Waals surface area contributed by atoms with E-state index in [9.17, 15) is 22.9 Å². The minimum atomic E-state index is -4.35. The van der Waals surface area contributed by atoms with Gasteiger partial charge in [0.2, 0.25) is 5.91 Å². The minimum absolute atomic E-state index is 0.270. The number of carbonyl (C=O) groups is 1. The van der Waals surface area contributed by atoms with Crippen LogP contribution in [-0.4, -0.2) is 41.9 Å². The van der Waals surface area contributed by atoms with E-state index in [4.69, 9.17) is 0 Å². The standard InChI is InChI=1S/C34H61NO5S/c1-3-5-7-9-11-13-15-16-17-18-19-20-22-24-26-28-30-34(37)35-32(31-41(38,39)40)33(36)29-27-25-23-21-14-12-10-8-6-4-2/h13-15,17-18,21,27,29,32-33,36H,3-12,16,19-20,22-26,28,30-31H2,1-2H3,(H,35,37)(H,38,39,40)/b15-13-,18-17-,21-14+,29-27+. The first-order chi connectivity index (χ1) is 19.8. The third-order valence-electron chi connectivity index (χ3n) is 6.98. The van der Waals surface area contributed by atoms with E-state index in [-0.39, 0.29) is 12.3 Å². The van der Waals surface area contributed by atoms with Gasteiger partial charge in [0, 0.05) is 6.42 Å². The Bertz CT molecular complexity index is 832. The number of hydrogen-bond donors (Lipinski definition) is 3. The zero-order valence-corrected chi connectivity index (χ0v) is 27.0. The van der Waals surface area contributed by atoms with Crippen molar-refractivity contribution < 1.29 is 22.9 Å². The molecule has 0 aliphatic heterocycles. The van der Waals surface area contributed by atoms with Crippen molar-refractivity contribution in [1.82, 2.24) is 5.32 Å². The number of hydrogen-bond acceptors (Lipinski definition) is 4. The molecule has 0 saturated heterocycles. The van der Waals surface area contributed by atoms with E-state index in [1.54, 1.807) is 6.08 Å². The lowest BCUT2D eigenvalue weighted by Crippen LogP contribution is -2.46. The van der Waals surface area contributed by atoms with Gasteiger partial charge in [0.05, 0.1) is 17.9 Å². The lowest BCUT2D eigenvalue weighted by molar-refractivity contribution is -0.122. The maximum Gasteiger partial charge on any atom is 0.267 e. The van der Waals surface area contributed by atoms with Gasteiger partial charge >= 0.3 is 0 Å². The van der Waals surface area contributed by atoms with Gasteiger partial charge in [0.15, 0.2) is 0 Å². The zero-order valence-electron chi connectivity index (χ0n) is 26.2. The second-order valence-electron chi connectivity index (χ2n) is 11.1. The van der Waals surface area contributed by atoms with Crippen LogP contribution in [0.1, 0.15) is 142 Å². The Balaban J connectivity index is 4.11. The Kier molecular flexibility index (Phi) is 27.2. The average Bonchev–Trinajstić information content (AvgIpc) is 2.92. The van der Waals surface area contributed by atoms with Crippen LogP contribution in [0.4, 0.5) is 0 Å². The first-order valence-corrected chi connectivity index (χ1v) is 17.9. The molecule has 7 heteroatoms. The summed E-state index contributed by atoms with van der Waals surface area (Å²) < 4.78 is 32.2. The molecule has 0 saturated carbocycles. The highest BCUT2D eigenvalue weighted by Gasteiger charge is 2.24. The fourth-order valence-electron chi connectivity index (χ4n) is 4.49. The molecule has 0 aliphatic rings. The van der Waals surface area contributed by atoms with Crippen LogP contribution >= 0.6 is 0 Å². The normalized spacial score (nSPS) is 14.1. The van der Waals surface area contributed by atoms with Gasteiger partial charge in [-0.1, -0.05) is 120 Å². The summed E-state index contributed by atoms with van der Waals surface area (Å²) in [7, 11) is -4.35. The third-order valence-corrected chi connectivity index (χ3v) is 7.76. The Labute approximate surface area is 252 Å². The van der Waals surface area contributed by atoms with Crippen molar-refractivity contribution in [2.45, 2.75) is 154 Å². The number of carbonyl (C=O) groups excluding carboxylic acids is 1. The smallest absolute Gasteiger partial charge is 0.267 e. The summed E-state index contributed by atoms with van der Waals surface area (Å²) in [6.07, 6.45) is 36.7. The van der Waals surface area contributed by atoms with Crippen molar-refractivity contribution in [1.29, 1.82) is 0 Å². The van der Waals surface area contributed by atoms with E-state index in [0.29, 0.717) is 12.8 Å². The number of nitrogens with one attached hydrogen (secondary N) is 1. The number of aliphatic hydroxyl groups excluding tert-OH is 1. The summed E-state index contributed by atoms with van der Waals surface area (Å²) >= 11 is 0. The molecule has 0 aliphatic carbocycles. The minimum Gasteiger partial charge on any atom is -0.387 e. The molecule has 3 N–H and O–H groups in total. The molecule has 1 amide bonds. The summed E-state index contributed by atoms with van der Waals surface area (Å²) in [5.41, 5.74) is 0. The molecule has 41 heavy (non-hydrogen) atoms. The molecule has 0 spiro atoms. The van der Waals surface area contributed by atoms with Gasteiger partial charge in [0.1, 0.15) is 0 Å². The number of rotatable bonds is 28. The maximum absolute atomic E-state index is 12.4. The van der Waals surface area contributed by atoms with Crippen LogP contribution < -0.4 is 5.32 Å². The van der Waals surface area contributed by atoms with Crippen molar-refractivity contribution >= 4 is 16.0 Å². The highest BCUT2D eigenvalue weighted by atomic mass is 32.2. The van der Waals surface area contributed by atoms with Crippen molar-refractivity contribution in [3.05, 3.63) is 48.6 Å². The number of aliphatic hydroxyl groups is 1. The topological polar surface area (TPSA) is 104 Å². The third kappa shape index (κ3) is 29.6. The van der Waals surface area contributed by atoms with Gasteiger partial charge in [-0.2, -0.15) is 8.42 Å². The predicted octanol–water partition coefficient (Wildman–Crippen LogP) is 8.79. The van der Waals surface area contributed by atoms with Gasteiger partial charge in [-0.25, -0.2) is 0 Å². The zero-order chi connectivity index (χ0) is 30.4. The number of allylic oxidation sites excluding steroid dienone is 7. The lowest BCUT2D eigenvalue weighted by Gasteiger charge is -2.21. The molecule has 0 aromatic heterocycles. The Morgan fingerprint density at radius 1 is 0.659 bits per heavy atom. The summed E-state index contributed by atoms with van der Waals surface area (Å²) in [6, 6.07) is -1.08. The van der Waals surface area contributed by atoms with Crippen LogP contribution in [0, 0.1) is 0 Å². The van der Waals surface area contributed by atoms with Crippen molar-refractivity contribution in [3.63, 3.8) is 0 Å². The molecular weight excluding hydrogens is 534 g/mol. The first kappa shape index (κ1) is 39.3. The van der Waals surface area contributed by atoms with E-state index in [1.807, 2.05) is 0 Å². The molecule has 0 bridgehead atoms. The van der Waals surface area contributed by atoms with Crippen LogP contribution in [-0.2, 0) is 14.9 Å². The van der Waals surface area contributed by atoms with Crippen molar-refractivity contribution in [3.8, 4) is 0 Å². The first-order valence-electron chi connectivity index (χ1n) is 16.3. The Hall–Kier alpha value is -1.70. The highest BCUT2D eigenvalue weighted by molar-refractivity contribution is 7.85. The van der Waals surface area contributed by atoms with Crippen molar-refractivity contribution in [2.24, 2.45) is 0 Å². The molecule has 6 nitrogen and oxygen atoms in total. The molecule has 0 rings (SSSR count). The van der Waals surface area contributed by atoms with Gasteiger partial charge < -0.3 is 10.4 Å². The predicted molar refractivity (Wildman–Crippen MR) is 175 cm³/mol. The van der Waals surface area contributed by atoms with E-state index in [0.717, 1.165) is 51.4 Å². The SMILES string of the molecule is CCCCCC/C=C\C/C=C\CCCCCCCC(=O)NC(CS(=O)(=O)O)C(O)/C=C/CC/C=C/CCCCCC. The Morgan fingerprint density at radius 2 is 1.12 bits per heavy atom. The molecule has 2 atom stereocenters. The quantitative estimate of drug-likeness (QED) is 0.0476. The second kappa shape index (κ2) is 28.4. The monoisotopic (exact) mass is 595 g/mol. The largest absolute Gasteiger partial charge is 0.387 e. The van der Waals surface area contributed by atoms with E-state index in [1.165, 1.54) is 63.9 Å².